The van der Waals surface area contributed by atoms with Gasteiger partial charge in [0.2, 0.25) is 0 Å². The molecule has 0 atom stereocenters. The van der Waals surface area contributed by atoms with Crippen molar-refractivity contribution in [2.45, 2.75) is 39.7 Å². The molecule has 0 aromatic heterocycles. The maximum Gasteiger partial charge on any atom is 0.0419 e. The Morgan fingerprint density at radius 2 is 2.06 bits per heavy atom. The summed E-state index contributed by atoms with van der Waals surface area (Å²) in [4.78, 5) is 2.54. The minimum atomic E-state index is 0.696. The van der Waals surface area contributed by atoms with Crippen LogP contribution in [0.1, 0.15) is 32.3 Å². The molecule has 0 radical (unpaired) electrons. The summed E-state index contributed by atoms with van der Waals surface area (Å²) in [6.07, 6.45) is 2.67. The highest BCUT2D eigenvalue weighted by atomic mass is 15.2. The first kappa shape index (κ1) is 11.3. The van der Waals surface area contributed by atoms with Crippen LogP contribution in [0.25, 0.3) is 0 Å². The highest BCUT2D eigenvalue weighted by Crippen LogP contribution is 2.34. The zero-order valence-corrected chi connectivity index (χ0v) is 10.5. The number of hydrogen-bond acceptors (Lipinski definition) is 2. The largest absolute Gasteiger partial charge is 0.399 e. The molecule has 0 aliphatic heterocycles. The zero-order chi connectivity index (χ0) is 11.7. The summed E-state index contributed by atoms with van der Waals surface area (Å²) in [6.45, 7) is 7.85. The van der Waals surface area contributed by atoms with Crippen LogP contribution < -0.4 is 10.6 Å². The van der Waals surface area contributed by atoms with Gasteiger partial charge in [-0.3, -0.25) is 0 Å². The molecule has 1 aromatic rings. The first-order valence-corrected chi connectivity index (χ1v) is 6.20. The molecule has 1 saturated carbocycles. The summed E-state index contributed by atoms with van der Waals surface area (Å²) in [5.41, 5.74) is 9.43. The van der Waals surface area contributed by atoms with Gasteiger partial charge in [0.1, 0.15) is 0 Å². The Balaban J connectivity index is 2.26. The summed E-state index contributed by atoms with van der Waals surface area (Å²) in [7, 11) is 0. The maximum atomic E-state index is 5.89. The molecule has 0 heterocycles. The van der Waals surface area contributed by atoms with Gasteiger partial charge in [-0.25, -0.2) is 0 Å². The van der Waals surface area contributed by atoms with E-state index in [4.69, 9.17) is 5.73 Å². The first-order valence-electron chi connectivity index (χ1n) is 6.20. The molecule has 16 heavy (non-hydrogen) atoms. The summed E-state index contributed by atoms with van der Waals surface area (Å²) in [5.74, 6) is 0.696. The fraction of sp³-hybridized carbons (Fsp3) is 0.571. The molecule has 2 N–H and O–H groups in total. The third kappa shape index (κ3) is 2.49. The van der Waals surface area contributed by atoms with E-state index in [1.165, 1.54) is 24.1 Å². The fourth-order valence-corrected chi connectivity index (χ4v) is 2.16. The Morgan fingerprint density at radius 1 is 1.38 bits per heavy atom. The minimum absolute atomic E-state index is 0.696. The second-order valence-corrected chi connectivity index (χ2v) is 5.32. The van der Waals surface area contributed by atoms with Gasteiger partial charge in [0, 0.05) is 24.0 Å². The third-order valence-electron chi connectivity index (χ3n) is 3.09. The van der Waals surface area contributed by atoms with E-state index in [0.29, 0.717) is 5.92 Å². The van der Waals surface area contributed by atoms with Gasteiger partial charge in [-0.15, -0.1) is 0 Å². The molecule has 0 spiro atoms. The van der Waals surface area contributed by atoms with Crippen LogP contribution in [0.3, 0.4) is 0 Å². The van der Waals surface area contributed by atoms with E-state index in [-0.39, 0.29) is 0 Å². The number of nitrogens with zero attached hydrogens (tertiary/aromatic N) is 1. The number of hydrogen-bond donors (Lipinski definition) is 1. The molecular weight excluding hydrogens is 196 g/mol. The number of benzene rings is 1. The Kier molecular flexibility index (Phi) is 3.08. The molecule has 1 fully saturated rings. The van der Waals surface area contributed by atoms with Gasteiger partial charge in [0.25, 0.3) is 0 Å². The SMILES string of the molecule is Cc1ccc(N)cc1N(CC(C)C)C1CC1. The Labute approximate surface area is 98.4 Å². The van der Waals surface area contributed by atoms with Crippen molar-refractivity contribution in [1.29, 1.82) is 0 Å². The molecule has 0 amide bonds. The van der Waals surface area contributed by atoms with E-state index in [1.54, 1.807) is 0 Å². The lowest BCUT2D eigenvalue weighted by atomic mass is 10.1. The Bertz CT molecular complexity index is 367. The zero-order valence-electron chi connectivity index (χ0n) is 10.5. The molecule has 2 nitrogen and oxygen atoms in total. The molecule has 0 unspecified atom stereocenters. The predicted molar refractivity (Wildman–Crippen MR) is 70.8 cm³/mol. The van der Waals surface area contributed by atoms with E-state index in [9.17, 15) is 0 Å². The minimum Gasteiger partial charge on any atom is -0.399 e. The van der Waals surface area contributed by atoms with Crippen molar-refractivity contribution in [3.63, 3.8) is 0 Å². The van der Waals surface area contributed by atoms with Crippen LogP contribution in [-0.4, -0.2) is 12.6 Å². The van der Waals surface area contributed by atoms with Gasteiger partial charge >= 0.3 is 0 Å². The van der Waals surface area contributed by atoms with Crippen LogP contribution in [0.2, 0.25) is 0 Å². The van der Waals surface area contributed by atoms with Crippen LogP contribution in [0.4, 0.5) is 11.4 Å². The predicted octanol–water partition coefficient (Wildman–Crippen LogP) is 3.20. The number of nitrogens with two attached hydrogens (primary N) is 1. The van der Waals surface area contributed by atoms with Crippen molar-refractivity contribution >= 4 is 11.4 Å². The summed E-state index contributed by atoms with van der Waals surface area (Å²) >= 11 is 0. The van der Waals surface area contributed by atoms with Gasteiger partial charge in [0.05, 0.1) is 0 Å². The van der Waals surface area contributed by atoms with Gasteiger partial charge in [0.15, 0.2) is 0 Å². The fourth-order valence-electron chi connectivity index (χ4n) is 2.16. The summed E-state index contributed by atoms with van der Waals surface area (Å²) in [5, 5.41) is 0. The van der Waals surface area contributed by atoms with Gasteiger partial charge in [-0.2, -0.15) is 0 Å². The van der Waals surface area contributed by atoms with Crippen LogP contribution in [0.15, 0.2) is 18.2 Å². The van der Waals surface area contributed by atoms with Crippen molar-refractivity contribution in [3.05, 3.63) is 23.8 Å². The van der Waals surface area contributed by atoms with Crippen LogP contribution in [0, 0.1) is 12.8 Å². The highest BCUT2D eigenvalue weighted by molar-refractivity contribution is 5.62. The van der Waals surface area contributed by atoms with Crippen LogP contribution in [-0.2, 0) is 0 Å². The summed E-state index contributed by atoms with van der Waals surface area (Å²) < 4.78 is 0. The second kappa shape index (κ2) is 4.36. The Morgan fingerprint density at radius 3 is 2.62 bits per heavy atom. The van der Waals surface area contributed by atoms with E-state index in [0.717, 1.165) is 18.3 Å². The number of anilines is 2. The van der Waals surface area contributed by atoms with Crippen molar-refractivity contribution in [3.8, 4) is 0 Å². The quantitative estimate of drug-likeness (QED) is 0.786. The van der Waals surface area contributed by atoms with E-state index in [1.807, 2.05) is 6.07 Å². The lowest BCUT2D eigenvalue weighted by molar-refractivity contribution is 0.606. The highest BCUT2D eigenvalue weighted by Gasteiger charge is 2.30. The lowest BCUT2D eigenvalue weighted by Gasteiger charge is -2.28. The molecule has 0 saturated heterocycles. The first-order chi connectivity index (χ1) is 7.58. The molecule has 2 rings (SSSR count). The maximum absolute atomic E-state index is 5.89. The van der Waals surface area contributed by atoms with Gasteiger partial charge in [-0.05, 0) is 43.4 Å². The Hall–Kier alpha value is -1.18. The monoisotopic (exact) mass is 218 g/mol. The number of rotatable bonds is 4. The molecular formula is C14H22N2. The third-order valence-corrected chi connectivity index (χ3v) is 3.09. The van der Waals surface area contributed by atoms with Crippen LogP contribution >= 0.6 is 0 Å². The standard InChI is InChI=1S/C14H22N2/c1-10(2)9-16(13-6-7-13)14-8-12(15)5-4-11(14)3/h4-5,8,10,13H,6-7,9,15H2,1-3H3. The number of nitrogen functional groups attached to an aromatic ring is 1. The van der Waals surface area contributed by atoms with Crippen molar-refractivity contribution in [2.75, 3.05) is 17.2 Å². The normalized spacial score (nSPS) is 15.5. The van der Waals surface area contributed by atoms with E-state index < -0.39 is 0 Å². The molecule has 1 aromatic carbocycles. The second-order valence-electron chi connectivity index (χ2n) is 5.32. The molecule has 0 bridgehead atoms. The lowest BCUT2D eigenvalue weighted by Crippen LogP contribution is -2.30. The van der Waals surface area contributed by atoms with Gasteiger partial charge < -0.3 is 10.6 Å². The van der Waals surface area contributed by atoms with Crippen molar-refractivity contribution in [1.82, 2.24) is 0 Å². The average Bonchev–Trinajstić information content (AvgIpc) is 3.02. The van der Waals surface area contributed by atoms with E-state index >= 15 is 0 Å². The topological polar surface area (TPSA) is 29.3 Å². The summed E-state index contributed by atoms with van der Waals surface area (Å²) in [6, 6.07) is 6.98. The van der Waals surface area contributed by atoms with Crippen LogP contribution in [0.5, 0.6) is 0 Å². The average molecular weight is 218 g/mol. The number of aryl methyl sites for hydroxylation is 1. The van der Waals surface area contributed by atoms with Gasteiger partial charge in [-0.1, -0.05) is 19.9 Å². The van der Waals surface area contributed by atoms with Crippen molar-refractivity contribution < 1.29 is 0 Å². The smallest absolute Gasteiger partial charge is 0.0419 e. The molecule has 2 heteroatoms. The molecule has 1 aliphatic rings. The molecule has 88 valence electrons. The van der Waals surface area contributed by atoms with E-state index in [2.05, 4.69) is 37.8 Å². The molecule has 1 aliphatic carbocycles. The van der Waals surface area contributed by atoms with Crippen molar-refractivity contribution in [2.24, 2.45) is 5.92 Å².